The summed E-state index contributed by atoms with van der Waals surface area (Å²) in [6.45, 7) is 5.04. The number of ether oxygens (including phenoxy) is 1. The Morgan fingerprint density at radius 1 is 1.17 bits per heavy atom. The summed E-state index contributed by atoms with van der Waals surface area (Å²) in [4.78, 5) is 17.2. The molecule has 0 radical (unpaired) electrons. The maximum atomic E-state index is 13.1. The average Bonchev–Trinajstić information content (AvgIpc) is 3.32. The van der Waals surface area contributed by atoms with Gasteiger partial charge in [0.05, 0.1) is 16.8 Å². The van der Waals surface area contributed by atoms with Crippen molar-refractivity contribution >= 4 is 16.8 Å². The second-order valence-corrected chi connectivity index (χ2v) is 8.44. The molecule has 1 amide bonds. The number of carbonyl (C=O) groups excluding carboxylic acids is 1. The maximum absolute atomic E-state index is 13.1. The minimum Gasteiger partial charge on any atom is -0.507 e. The predicted octanol–water partition coefficient (Wildman–Crippen LogP) is 3.21. The molecule has 1 fully saturated rings. The number of rotatable bonds is 3. The third-order valence-corrected chi connectivity index (χ3v) is 6.26. The third kappa shape index (κ3) is 3.39. The van der Waals surface area contributed by atoms with Crippen LogP contribution in [0.5, 0.6) is 11.5 Å². The summed E-state index contributed by atoms with van der Waals surface area (Å²) in [5.74, 6) is 0.665. The normalized spacial score (nSPS) is 17.5. The Hall–Kier alpha value is -3.06. The van der Waals surface area contributed by atoms with Gasteiger partial charge in [0, 0.05) is 37.6 Å². The van der Waals surface area contributed by atoms with E-state index in [-0.39, 0.29) is 17.8 Å². The van der Waals surface area contributed by atoms with Gasteiger partial charge in [-0.05, 0) is 56.1 Å². The van der Waals surface area contributed by atoms with Crippen molar-refractivity contribution in [2.45, 2.75) is 39.0 Å². The number of aryl methyl sites for hydroxylation is 1. The Kier molecular flexibility index (Phi) is 4.62. The molecule has 2 aromatic carbocycles. The minimum absolute atomic E-state index is 0.0293. The number of hydrogen-bond acceptors (Lipinski definition) is 5. The molecule has 7 nitrogen and oxygen atoms in total. The van der Waals surface area contributed by atoms with Crippen LogP contribution < -0.4 is 4.74 Å². The number of aromatic hydroxyl groups is 1. The van der Waals surface area contributed by atoms with Crippen LogP contribution in [-0.2, 0) is 13.1 Å². The lowest BCUT2D eigenvalue weighted by Gasteiger charge is -2.29. The van der Waals surface area contributed by atoms with E-state index >= 15 is 0 Å². The van der Waals surface area contributed by atoms with E-state index < -0.39 is 0 Å². The van der Waals surface area contributed by atoms with E-state index in [4.69, 9.17) is 4.74 Å². The summed E-state index contributed by atoms with van der Waals surface area (Å²) >= 11 is 0. The Morgan fingerprint density at radius 2 is 1.93 bits per heavy atom. The molecule has 0 aliphatic carbocycles. The number of piperidine rings is 1. The van der Waals surface area contributed by atoms with Crippen LogP contribution in [0.15, 0.2) is 30.3 Å². The number of benzene rings is 2. The molecule has 2 aliphatic rings. The predicted molar refractivity (Wildman–Crippen MR) is 114 cm³/mol. The van der Waals surface area contributed by atoms with E-state index in [0.29, 0.717) is 18.7 Å². The lowest BCUT2D eigenvalue weighted by Crippen LogP contribution is -2.35. The fraction of sp³-hybridized carbons (Fsp3) is 0.391. The first-order valence-corrected chi connectivity index (χ1v) is 10.4. The van der Waals surface area contributed by atoms with Crippen LogP contribution in [0.25, 0.3) is 10.9 Å². The van der Waals surface area contributed by atoms with Crippen LogP contribution in [0, 0.1) is 6.92 Å². The molecule has 0 spiro atoms. The topological polar surface area (TPSA) is 81.7 Å². The van der Waals surface area contributed by atoms with E-state index in [1.54, 1.807) is 17.0 Å². The fourth-order valence-corrected chi connectivity index (χ4v) is 4.41. The summed E-state index contributed by atoms with van der Waals surface area (Å²) in [5.41, 5.74) is 4.07. The highest BCUT2D eigenvalue weighted by atomic mass is 16.5. The van der Waals surface area contributed by atoms with Gasteiger partial charge in [0.1, 0.15) is 17.6 Å². The number of nitrogens with zero attached hydrogens (tertiary/aromatic N) is 3. The van der Waals surface area contributed by atoms with E-state index in [1.807, 2.05) is 13.0 Å². The van der Waals surface area contributed by atoms with Crippen molar-refractivity contribution in [1.82, 2.24) is 20.0 Å². The Labute approximate surface area is 175 Å². The molecule has 156 valence electrons. The number of fused-ring (bicyclic) bond motifs is 2. The zero-order chi connectivity index (χ0) is 20.8. The molecule has 3 heterocycles. The van der Waals surface area contributed by atoms with E-state index in [1.165, 1.54) is 0 Å². The molecule has 7 heteroatoms. The number of phenols is 1. The molecule has 0 saturated carbocycles. The zero-order valence-corrected chi connectivity index (χ0v) is 17.3. The highest BCUT2D eigenvalue weighted by Gasteiger charge is 2.27. The molecule has 1 saturated heterocycles. The van der Waals surface area contributed by atoms with Gasteiger partial charge in [-0.25, -0.2) is 0 Å². The second kappa shape index (κ2) is 7.32. The number of aromatic nitrogens is 2. The number of aromatic amines is 1. The number of phenolic OH excluding ortho intramolecular Hbond substituents is 1. The maximum Gasteiger partial charge on any atom is 0.258 e. The Balaban J connectivity index is 1.32. The quantitative estimate of drug-likeness (QED) is 0.698. The number of carbonyl (C=O) groups is 1. The first-order valence-electron chi connectivity index (χ1n) is 10.4. The lowest BCUT2D eigenvalue weighted by atomic mass is 10.1. The van der Waals surface area contributed by atoms with Crippen molar-refractivity contribution in [1.29, 1.82) is 0 Å². The van der Waals surface area contributed by atoms with Crippen LogP contribution in [-0.4, -0.2) is 57.3 Å². The summed E-state index contributed by atoms with van der Waals surface area (Å²) < 4.78 is 6.20. The molecule has 2 N–H and O–H groups in total. The van der Waals surface area contributed by atoms with Crippen LogP contribution in [0.2, 0.25) is 0 Å². The Morgan fingerprint density at radius 3 is 2.73 bits per heavy atom. The summed E-state index contributed by atoms with van der Waals surface area (Å²) in [7, 11) is 2.14. The molecule has 2 aliphatic heterocycles. The van der Waals surface area contributed by atoms with Gasteiger partial charge < -0.3 is 19.6 Å². The largest absolute Gasteiger partial charge is 0.507 e. The van der Waals surface area contributed by atoms with Gasteiger partial charge >= 0.3 is 0 Å². The van der Waals surface area contributed by atoms with Gasteiger partial charge in [0.25, 0.3) is 5.91 Å². The SMILES string of the molecule is Cc1n[nH]c2cc(O)c(C(=O)N3Cc4ccc(OC5CCN(C)CC5)cc4C3)cc12. The summed E-state index contributed by atoms with van der Waals surface area (Å²) in [5, 5.41) is 18.3. The summed E-state index contributed by atoms with van der Waals surface area (Å²) in [6.07, 6.45) is 2.32. The molecule has 3 aromatic rings. The smallest absolute Gasteiger partial charge is 0.258 e. The highest BCUT2D eigenvalue weighted by Crippen LogP contribution is 2.32. The molecule has 5 rings (SSSR count). The van der Waals surface area contributed by atoms with Crippen LogP contribution >= 0.6 is 0 Å². The Bertz CT molecular complexity index is 1120. The highest BCUT2D eigenvalue weighted by molar-refractivity contribution is 6.01. The van der Waals surface area contributed by atoms with Gasteiger partial charge in [-0.1, -0.05) is 6.07 Å². The number of H-pyrrole nitrogens is 1. The molecule has 0 bridgehead atoms. The first-order chi connectivity index (χ1) is 14.5. The van der Waals surface area contributed by atoms with Crippen molar-refractivity contribution in [2.75, 3.05) is 20.1 Å². The van der Waals surface area contributed by atoms with Crippen LogP contribution in [0.3, 0.4) is 0 Å². The van der Waals surface area contributed by atoms with Crippen LogP contribution in [0.1, 0.15) is 40.0 Å². The molecule has 1 aromatic heterocycles. The van der Waals surface area contributed by atoms with Gasteiger partial charge in [0.2, 0.25) is 0 Å². The van der Waals surface area contributed by atoms with Crippen molar-refractivity contribution in [3.8, 4) is 11.5 Å². The van der Waals surface area contributed by atoms with Crippen molar-refractivity contribution < 1.29 is 14.6 Å². The van der Waals surface area contributed by atoms with Crippen molar-refractivity contribution in [2.24, 2.45) is 0 Å². The molecule has 30 heavy (non-hydrogen) atoms. The number of amides is 1. The molecule has 0 unspecified atom stereocenters. The van der Waals surface area contributed by atoms with Gasteiger partial charge in [-0.2, -0.15) is 5.10 Å². The van der Waals surface area contributed by atoms with E-state index in [9.17, 15) is 9.90 Å². The average molecular weight is 406 g/mol. The lowest BCUT2D eigenvalue weighted by molar-refractivity contribution is 0.0748. The van der Waals surface area contributed by atoms with E-state index in [2.05, 4.69) is 34.3 Å². The second-order valence-electron chi connectivity index (χ2n) is 8.44. The number of likely N-dealkylation sites (tertiary alicyclic amines) is 1. The number of hydrogen-bond donors (Lipinski definition) is 2. The molecular weight excluding hydrogens is 380 g/mol. The summed E-state index contributed by atoms with van der Waals surface area (Å²) in [6, 6.07) is 9.41. The van der Waals surface area contributed by atoms with Gasteiger partial charge in [0.15, 0.2) is 0 Å². The van der Waals surface area contributed by atoms with Gasteiger partial charge in [-0.15, -0.1) is 0 Å². The minimum atomic E-state index is -0.177. The first kappa shape index (κ1) is 18.9. The zero-order valence-electron chi connectivity index (χ0n) is 17.3. The van der Waals surface area contributed by atoms with Crippen molar-refractivity contribution in [3.63, 3.8) is 0 Å². The van der Waals surface area contributed by atoms with E-state index in [0.717, 1.165) is 59.4 Å². The third-order valence-electron chi connectivity index (χ3n) is 6.26. The fourth-order valence-electron chi connectivity index (χ4n) is 4.41. The van der Waals surface area contributed by atoms with Crippen molar-refractivity contribution in [3.05, 3.63) is 52.7 Å². The molecular formula is C23H26N4O3. The standard InChI is InChI=1S/C23H26N4O3/c1-14-19-10-20(22(28)11-21(19)25-24-14)23(29)27-12-15-3-4-18(9-16(15)13-27)30-17-5-7-26(2)8-6-17/h3-4,9-11,17,28H,5-8,12-13H2,1-2H3,(H,24,25). The molecule has 0 atom stereocenters. The monoisotopic (exact) mass is 406 g/mol. The van der Waals surface area contributed by atoms with Gasteiger partial charge in [-0.3, -0.25) is 9.89 Å². The number of nitrogens with one attached hydrogen (secondary N) is 1. The van der Waals surface area contributed by atoms with Crippen LogP contribution in [0.4, 0.5) is 0 Å².